The third-order valence-electron chi connectivity index (χ3n) is 4.14. The summed E-state index contributed by atoms with van der Waals surface area (Å²) in [6.07, 6.45) is 2.50. The van der Waals surface area contributed by atoms with Crippen molar-refractivity contribution in [1.29, 1.82) is 0 Å². The number of benzene rings is 1. The van der Waals surface area contributed by atoms with Gasteiger partial charge in [0.05, 0.1) is 5.69 Å². The maximum Gasteiger partial charge on any atom is 0.252 e. The molecule has 25 heavy (non-hydrogen) atoms. The number of carbonyl (C=O) groups is 2. The predicted octanol–water partition coefficient (Wildman–Crippen LogP) is 2.32. The van der Waals surface area contributed by atoms with Crippen LogP contribution in [0.3, 0.4) is 0 Å². The lowest BCUT2D eigenvalue weighted by Gasteiger charge is -2.37. The Kier molecular flexibility index (Phi) is 5.01. The van der Waals surface area contributed by atoms with Crippen LogP contribution in [0.15, 0.2) is 42.7 Å². The number of aliphatic hydroxyl groups is 1. The van der Waals surface area contributed by atoms with Crippen LogP contribution in [-0.2, 0) is 4.79 Å². The standard InChI is InChI=1S/C18H18ClN3O3/c1-2-10-22-13-5-3-4-12(19)14(13)16(23)15(18(22)25)21-17(24)11-6-8-20-9-7-11/h3-9,15-16,23H,2,10H2,1H3,(H,21,24). The van der Waals surface area contributed by atoms with Gasteiger partial charge in [-0.3, -0.25) is 14.6 Å². The van der Waals surface area contributed by atoms with Crippen LogP contribution in [0.5, 0.6) is 0 Å². The molecule has 0 fully saturated rings. The molecule has 0 saturated heterocycles. The third-order valence-corrected chi connectivity index (χ3v) is 4.47. The third kappa shape index (κ3) is 3.23. The van der Waals surface area contributed by atoms with Gasteiger partial charge in [-0.15, -0.1) is 0 Å². The van der Waals surface area contributed by atoms with Crippen LogP contribution in [0.1, 0.15) is 35.4 Å². The predicted molar refractivity (Wildman–Crippen MR) is 94.5 cm³/mol. The van der Waals surface area contributed by atoms with E-state index in [1.807, 2.05) is 6.92 Å². The van der Waals surface area contributed by atoms with E-state index in [2.05, 4.69) is 10.3 Å². The maximum absolute atomic E-state index is 12.9. The normalized spacial score (nSPS) is 19.5. The first-order valence-corrected chi connectivity index (χ1v) is 8.41. The Morgan fingerprint density at radius 1 is 1.32 bits per heavy atom. The molecule has 2 amide bonds. The second kappa shape index (κ2) is 7.21. The van der Waals surface area contributed by atoms with Crippen molar-refractivity contribution in [3.8, 4) is 0 Å². The number of nitrogens with one attached hydrogen (secondary N) is 1. The van der Waals surface area contributed by atoms with Crippen LogP contribution < -0.4 is 10.2 Å². The minimum atomic E-state index is -1.21. The van der Waals surface area contributed by atoms with Gasteiger partial charge in [-0.25, -0.2) is 0 Å². The summed E-state index contributed by atoms with van der Waals surface area (Å²) >= 11 is 6.25. The molecule has 0 radical (unpaired) electrons. The highest BCUT2D eigenvalue weighted by Crippen LogP contribution is 2.39. The Hall–Kier alpha value is -2.44. The lowest BCUT2D eigenvalue weighted by Crippen LogP contribution is -2.55. The van der Waals surface area contributed by atoms with E-state index < -0.39 is 18.1 Å². The molecule has 1 aromatic carbocycles. The van der Waals surface area contributed by atoms with Gasteiger partial charge in [-0.1, -0.05) is 24.6 Å². The highest BCUT2D eigenvalue weighted by molar-refractivity contribution is 6.32. The minimum absolute atomic E-state index is 0.355. The quantitative estimate of drug-likeness (QED) is 0.877. The zero-order valence-corrected chi connectivity index (χ0v) is 14.4. The number of nitrogens with zero attached hydrogens (tertiary/aromatic N) is 2. The van der Waals surface area contributed by atoms with Crippen LogP contribution in [0.25, 0.3) is 0 Å². The van der Waals surface area contributed by atoms with Gasteiger partial charge >= 0.3 is 0 Å². The lowest BCUT2D eigenvalue weighted by molar-refractivity contribution is -0.123. The van der Waals surface area contributed by atoms with E-state index in [1.165, 1.54) is 12.4 Å². The lowest BCUT2D eigenvalue weighted by atomic mass is 9.93. The van der Waals surface area contributed by atoms with E-state index in [1.54, 1.807) is 35.2 Å². The Labute approximate surface area is 150 Å². The van der Waals surface area contributed by atoms with Crippen LogP contribution in [-0.4, -0.2) is 34.5 Å². The first-order valence-electron chi connectivity index (χ1n) is 8.03. The molecule has 6 nitrogen and oxygen atoms in total. The average Bonchev–Trinajstić information content (AvgIpc) is 2.62. The van der Waals surface area contributed by atoms with Gasteiger partial charge in [-0.2, -0.15) is 0 Å². The molecule has 7 heteroatoms. The SMILES string of the molecule is CCCN1C(=O)C(NC(=O)c2ccncc2)C(O)c2c(Cl)cccc21. The monoisotopic (exact) mass is 359 g/mol. The van der Waals surface area contributed by atoms with Crippen LogP contribution >= 0.6 is 11.6 Å². The summed E-state index contributed by atoms with van der Waals surface area (Å²) in [4.78, 5) is 30.7. The summed E-state index contributed by atoms with van der Waals surface area (Å²) < 4.78 is 0. The number of aliphatic hydroxyl groups excluding tert-OH is 1. The van der Waals surface area contributed by atoms with Crippen molar-refractivity contribution in [2.24, 2.45) is 0 Å². The van der Waals surface area contributed by atoms with Crippen LogP contribution in [0, 0.1) is 0 Å². The fourth-order valence-electron chi connectivity index (χ4n) is 2.96. The number of hydrogen-bond acceptors (Lipinski definition) is 4. The summed E-state index contributed by atoms with van der Waals surface area (Å²) in [7, 11) is 0. The molecule has 3 rings (SSSR count). The molecule has 2 aromatic rings. The smallest absolute Gasteiger partial charge is 0.252 e. The first kappa shape index (κ1) is 17.4. The van der Waals surface area contributed by atoms with Crippen molar-refractivity contribution >= 4 is 29.1 Å². The summed E-state index contributed by atoms with van der Waals surface area (Å²) in [6, 6.07) is 7.13. The van der Waals surface area contributed by atoms with Crippen molar-refractivity contribution in [1.82, 2.24) is 10.3 Å². The highest BCUT2D eigenvalue weighted by Gasteiger charge is 2.41. The summed E-state index contributed by atoms with van der Waals surface area (Å²) in [5, 5.41) is 13.7. The van der Waals surface area contributed by atoms with Gasteiger partial charge in [-0.05, 0) is 30.7 Å². The van der Waals surface area contributed by atoms with Crippen molar-refractivity contribution in [3.05, 3.63) is 58.9 Å². The molecule has 1 aliphatic rings. The van der Waals surface area contributed by atoms with E-state index in [0.29, 0.717) is 28.4 Å². The number of pyridine rings is 1. The average molecular weight is 360 g/mol. The first-order chi connectivity index (χ1) is 12.0. The number of aromatic nitrogens is 1. The van der Waals surface area contributed by atoms with E-state index in [9.17, 15) is 14.7 Å². The zero-order valence-electron chi connectivity index (χ0n) is 13.6. The van der Waals surface area contributed by atoms with Crippen molar-refractivity contribution in [2.75, 3.05) is 11.4 Å². The molecule has 2 unspecified atom stereocenters. The molecule has 2 N–H and O–H groups in total. The molecule has 1 aromatic heterocycles. The fraction of sp³-hybridized carbons (Fsp3) is 0.278. The molecule has 130 valence electrons. The molecule has 0 saturated carbocycles. The number of anilines is 1. The Bertz CT molecular complexity index is 797. The molecule has 0 aliphatic carbocycles. The van der Waals surface area contributed by atoms with Crippen molar-refractivity contribution in [3.63, 3.8) is 0 Å². The zero-order chi connectivity index (χ0) is 18.0. The van der Waals surface area contributed by atoms with Gasteiger partial charge in [0.1, 0.15) is 12.1 Å². The maximum atomic E-state index is 12.9. The topological polar surface area (TPSA) is 82.5 Å². The number of carbonyl (C=O) groups excluding carboxylic acids is 2. The van der Waals surface area contributed by atoms with Gasteiger partial charge in [0.2, 0.25) is 0 Å². The molecule has 1 aliphatic heterocycles. The minimum Gasteiger partial charge on any atom is -0.386 e. The largest absolute Gasteiger partial charge is 0.386 e. The van der Waals surface area contributed by atoms with Crippen molar-refractivity contribution in [2.45, 2.75) is 25.5 Å². The van der Waals surface area contributed by atoms with Crippen molar-refractivity contribution < 1.29 is 14.7 Å². The second-order valence-corrected chi connectivity index (χ2v) is 6.20. The van der Waals surface area contributed by atoms with E-state index >= 15 is 0 Å². The summed E-state index contributed by atoms with van der Waals surface area (Å²) in [5.74, 6) is -0.807. The molecule has 0 bridgehead atoms. The highest BCUT2D eigenvalue weighted by atomic mass is 35.5. The molecule has 0 spiro atoms. The van der Waals surface area contributed by atoms with Crippen LogP contribution in [0.2, 0.25) is 5.02 Å². The van der Waals surface area contributed by atoms with Gasteiger partial charge in [0.15, 0.2) is 0 Å². The van der Waals surface area contributed by atoms with Gasteiger partial charge in [0.25, 0.3) is 11.8 Å². The molecule has 2 atom stereocenters. The van der Waals surface area contributed by atoms with Gasteiger partial charge < -0.3 is 15.3 Å². The Morgan fingerprint density at radius 2 is 2.04 bits per heavy atom. The van der Waals surface area contributed by atoms with E-state index in [0.717, 1.165) is 6.42 Å². The number of halogens is 1. The summed E-state index contributed by atoms with van der Waals surface area (Å²) in [6.45, 7) is 2.42. The number of rotatable bonds is 4. The Morgan fingerprint density at radius 3 is 2.72 bits per heavy atom. The molecular weight excluding hydrogens is 342 g/mol. The number of fused-ring (bicyclic) bond motifs is 1. The Balaban J connectivity index is 1.96. The number of amides is 2. The number of hydrogen-bond donors (Lipinski definition) is 2. The van der Waals surface area contributed by atoms with E-state index in [4.69, 9.17) is 11.6 Å². The second-order valence-electron chi connectivity index (χ2n) is 5.79. The van der Waals surface area contributed by atoms with E-state index in [-0.39, 0.29) is 5.91 Å². The van der Waals surface area contributed by atoms with Gasteiger partial charge in [0, 0.05) is 35.1 Å². The summed E-state index contributed by atoms with van der Waals surface area (Å²) in [5.41, 5.74) is 1.40. The fourth-order valence-corrected chi connectivity index (χ4v) is 3.25. The van der Waals surface area contributed by atoms with Crippen LogP contribution in [0.4, 0.5) is 5.69 Å². The molecular formula is C18H18ClN3O3. The molecule has 2 heterocycles.